The predicted octanol–water partition coefficient (Wildman–Crippen LogP) is 11.3. The second-order valence-electron chi connectivity index (χ2n) is 10.6. The number of hydrogen-bond acceptors (Lipinski definition) is 3. The Morgan fingerprint density at radius 1 is 0.317 bits per heavy atom. The van der Waals surface area contributed by atoms with Crippen LogP contribution >= 0.6 is 0 Å². The van der Waals surface area contributed by atoms with Crippen molar-refractivity contribution in [3.05, 3.63) is 140 Å². The molecule has 0 aliphatic carbocycles. The molecular formula is C38H23NO2. The smallest absolute Gasteiger partial charge is 0.137 e. The lowest BCUT2D eigenvalue weighted by Gasteiger charge is -2.26. The van der Waals surface area contributed by atoms with Crippen molar-refractivity contribution in [2.45, 2.75) is 0 Å². The summed E-state index contributed by atoms with van der Waals surface area (Å²) in [5.74, 6) is 0. The maximum absolute atomic E-state index is 6.31. The summed E-state index contributed by atoms with van der Waals surface area (Å²) in [4.78, 5) is 2.29. The fraction of sp³-hybridized carbons (Fsp3) is 0. The van der Waals surface area contributed by atoms with Gasteiger partial charge in [-0.05, 0) is 70.1 Å². The monoisotopic (exact) mass is 525 g/mol. The van der Waals surface area contributed by atoms with Gasteiger partial charge in [-0.15, -0.1) is 0 Å². The maximum Gasteiger partial charge on any atom is 0.137 e. The van der Waals surface area contributed by atoms with Crippen molar-refractivity contribution in [1.29, 1.82) is 0 Å². The van der Waals surface area contributed by atoms with Crippen LogP contribution in [0.4, 0.5) is 17.1 Å². The standard InChI is InChI=1S/C38H23NO2/c1-2-8-29-24(7-1)13-14-25-15-16-26(21-34(25)29)39(27-17-19-32-30-9-3-5-11-35(30)40-37(32)22-27)28-18-20-33-31-10-4-6-12-36(31)41-38(33)23-28/h1-23H. The van der Waals surface area contributed by atoms with Crippen LogP contribution in [0.15, 0.2) is 148 Å². The molecule has 3 nitrogen and oxygen atoms in total. The number of hydrogen-bond donors (Lipinski definition) is 0. The van der Waals surface area contributed by atoms with Crippen molar-refractivity contribution in [2.75, 3.05) is 4.90 Å². The Labute approximate surface area is 235 Å². The molecule has 9 rings (SSSR count). The lowest BCUT2D eigenvalue weighted by atomic mass is 10.0. The zero-order valence-electron chi connectivity index (χ0n) is 22.0. The van der Waals surface area contributed by atoms with Gasteiger partial charge in [-0.3, -0.25) is 0 Å². The molecule has 3 heteroatoms. The van der Waals surface area contributed by atoms with Gasteiger partial charge in [-0.1, -0.05) is 78.9 Å². The van der Waals surface area contributed by atoms with Crippen molar-refractivity contribution >= 4 is 82.5 Å². The van der Waals surface area contributed by atoms with Crippen molar-refractivity contribution < 1.29 is 8.83 Å². The van der Waals surface area contributed by atoms with E-state index >= 15 is 0 Å². The van der Waals surface area contributed by atoms with Crippen LogP contribution in [0, 0.1) is 0 Å². The summed E-state index contributed by atoms with van der Waals surface area (Å²) in [6.45, 7) is 0. The minimum Gasteiger partial charge on any atom is -0.456 e. The van der Waals surface area contributed by atoms with Crippen LogP contribution in [0.3, 0.4) is 0 Å². The van der Waals surface area contributed by atoms with E-state index in [1.54, 1.807) is 0 Å². The van der Waals surface area contributed by atoms with E-state index in [2.05, 4.69) is 120 Å². The molecule has 0 saturated carbocycles. The average molecular weight is 526 g/mol. The molecule has 192 valence electrons. The van der Waals surface area contributed by atoms with Crippen LogP contribution in [-0.2, 0) is 0 Å². The maximum atomic E-state index is 6.31. The van der Waals surface area contributed by atoms with E-state index in [1.807, 2.05) is 24.3 Å². The summed E-state index contributed by atoms with van der Waals surface area (Å²) in [5, 5.41) is 9.39. The minimum absolute atomic E-state index is 0.866. The lowest BCUT2D eigenvalue weighted by molar-refractivity contribution is 0.669. The summed E-state index contributed by atoms with van der Waals surface area (Å²) >= 11 is 0. The number of para-hydroxylation sites is 2. The molecule has 9 aromatic rings. The molecule has 7 aromatic carbocycles. The molecule has 0 bridgehead atoms. The highest BCUT2D eigenvalue weighted by atomic mass is 16.3. The van der Waals surface area contributed by atoms with Gasteiger partial charge in [0.25, 0.3) is 0 Å². The first-order valence-electron chi connectivity index (χ1n) is 13.8. The molecule has 0 fully saturated rings. The summed E-state index contributed by atoms with van der Waals surface area (Å²) in [6.07, 6.45) is 0. The van der Waals surface area contributed by atoms with E-state index in [4.69, 9.17) is 8.83 Å². The fourth-order valence-corrected chi connectivity index (χ4v) is 6.28. The highest BCUT2D eigenvalue weighted by Crippen LogP contribution is 2.42. The first kappa shape index (κ1) is 22.3. The Balaban J connectivity index is 1.30. The van der Waals surface area contributed by atoms with Gasteiger partial charge in [0.1, 0.15) is 22.3 Å². The summed E-state index contributed by atoms with van der Waals surface area (Å²) < 4.78 is 12.6. The SMILES string of the molecule is c1ccc2c(c1)ccc1ccc(N(c3ccc4c(c3)oc3ccccc34)c3ccc4c(c3)oc3ccccc34)cc12. The van der Waals surface area contributed by atoms with E-state index in [9.17, 15) is 0 Å². The number of benzene rings is 7. The Morgan fingerprint density at radius 3 is 1.39 bits per heavy atom. The normalized spacial score (nSPS) is 11.9. The highest BCUT2D eigenvalue weighted by Gasteiger charge is 2.18. The average Bonchev–Trinajstić information content (AvgIpc) is 3.58. The van der Waals surface area contributed by atoms with E-state index in [0.29, 0.717) is 0 Å². The first-order valence-corrected chi connectivity index (χ1v) is 13.8. The second-order valence-corrected chi connectivity index (χ2v) is 10.6. The molecule has 0 radical (unpaired) electrons. The van der Waals surface area contributed by atoms with Gasteiger partial charge >= 0.3 is 0 Å². The highest BCUT2D eigenvalue weighted by molar-refractivity contribution is 6.10. The summed E-state index contributed by atoms with van der Waals surface area (Å²) in [5.41, 5.74) is 6.63. The molecule has 0 N–H and O–H groups in total. The van der Waals surface area contributed by atoms with Crippen molar-refractivity contribution in [3.8, 4) is 0 Å². The quantitative estimate of drug-likeness (QED) is 0.215. The molecule has 0 aliphatic heterocycles. The Morgan fingerprint density at radius 2 is 0.756 bits per heavy atom. The first-order chi connectivity index (χ1) is 20.3. The number of rotatable bonds is 3. The number of fused-ring (bicyclic) bond motifs is 9. The molecule has 0 aliphatic rings. The number of anilines is 3. The van der Waals surface area contributed by atoms with Gasteiger partial charge in [-0.2, -0.15) is 0 Å². The Hall–Kier alpha value is -5.54. The van der Waals surface area contributed by atoms with Crippen molar-refractivity contribution in [1.82, 2.24) is 0 Å². The van der Waals surface area contributed by atoms with Crippen LogP contribution < -0.4 is 4.90 Å². The van der Waals surface area contributed by atoms with Gasteiger partial charge in [-0.25, -0.2) is 0 Å². The third-order valence-corrected chi connectivity index (χ3v) is 8.23. The molecule has 2 heterocycles. The zero-order chi connectivity index (χ0) is 26.9. The van der Waals surface area contributed by atoms with Crippen molar-refractivity contribution in [2.24, 2.45) is 0 Å². The van der Waals surface area contributed by atoms with Gasteiger partial charge in [0.15, 0.2) is 0 Å². The van der Waals surface area contributed by atoms with Crippen LogP contribution in [0.2, 0.25) is 0 Å². The lowest BCUT2D eigenvalue weighted by Crippen LogP contribution is -2.09. The van der Waals surface area contributed by atoms with Gasteiger partial charge in [0, 0.05) is 50.7 Å². The van der Waals surface area contributed by atoms with Crippen LogP contribution in [0.1, 0.15) is 0 Å². The van der Waals surface area contributed by atoms with E-state index in [1.165, 1.54) is 21.5 Å². The van der Waals surface area contributed by atoms with Crippen LogP contribution in [0.25, 0.3) is 65.4 Å². The summed E-state index contributed by atoms with van der Waals surface area (Å²) in [7, 11) is 0. The minimum atomic E-state index is 0.866. The molecule has 41 heavy (non-hydrogen) atoms. The Kier molecular flexibility index (Phi) is 4.61. The fourth-order valence-electron chi connectivity index (χ4n) is 6.28. The third-order valence-electron chi connectivity index (χ3n) is 8.23. The molecule has 0 saturated heterocycles. The molecule has 0 atom stereocenters. The largest absolute Gasteiger partial charge is 0.456 e. The second kappa shape index (κ2) is 8.48. The number of furan rings is 2. The topological polar surface area (TPSA) is 29.5 Å². The molecule has 2 aromatic heterocycles. The molecular weight excluding hydrogens is 502 g/mol. The predicted molar refractivity (Wildman–Crippen MR) is 171 cm³/mol. The number of nitrogens with zero attached hydrogens (tertiary/aromatic N) is 1. The molecule has 0 amide bonds. The van der Waals surface area contributed by atoms with Gasteiger partial charge in [0.05, 0.1) is 0 Å². The third kappa shape index (κ3) is 3.39. The van der Waals surface area contributed by atoms with E-state index < -0.39 is 0 Å². The van der Waals surface area contributed by atoms with Crippen LogP contribution in [-0.4, -0.2) is 0 Å². The molecule has 0 unspecified atom stereocenters. The van der Waals surface area contributed by atoms with Gasteiger partial charge in [0.2, 0.25) is 0 Å². The van der Waals surface area contributed by atoms with Crippen LogP contribution in [0.5, 0.6) is 0 Å². The van der Waals surface area contributed by atoms with E-state index in [0.717, 1.165) is 60.9 Å². The van der Waals surface area contributed by atoms with Crippen molar-refractivity contribution in [3.63, 3.8) is 0 Å². The van der Waals surface area contributed by atoms with E-state index in [-0.39, 0.29) is 0 Å². The molecule has 0 spiro atoms. The van der Waals surface area contributed by atoms with Gasteiger partial charge < -0.3 is 13.7 Å². The summed E-state index contributed by atoms with van der Waals surface area (Å²) in [6, 6.07) is 49.1. The Bertz CT molecular complexity index is 2330. The zero-order valence-corrected chi connectivity index (χ0v) is 22.0.